The van der Waals surface area contributed by atoms with E-state index in [2.05, 4.69) is 10.3 Å². The molecular weight excluding hydrogens is 285 g/mol. The molecule has 1 fully saturated rings. The summed E-state index contributed by atoms with van der Waals surface area (Å²) in [5, 5.41) is 12.0. The number of nitrogens with zero attached hydrogens (tertiary/aromatic N) is 1. The molecule has 0 aromatic carbocycles. The average molecular weight is 302 g/mol. The molecule has 21 heavy (non-hydrogen) atoms. The van der Waals surface area contributed by atoms with E-state index in [0.717, 1.165) is 38.2 Å². The number of hydrogen-bond acceptors (Lipinski definition) is 3. The number of halogens is 3. The number of alkyl halides is 3. The molecule has 1 aromatic rings. The minimum Gasteiger partial charge on any atom is -0.480 e. The minimum absolute atomic E-state index is 0.0530. The summed E-state index contributed by atoms with van der Waals surface area (Å²) in [5.41, 5.74) is -1.03. The third-order valence-corrected chi connectivity index (χ3v) is 3.73. The molecule has 1 aromatic heterocycles. The first kappa shape index (κ1) is 15.6. The Balaban J connectivity index is 2.15. The lowest BCUT2D eigenvalue weighted by Crippen LogP contribution is -2.38. The molecular formula is C14H17F3N2O2. The van der Waals surface area contributed by atoms with Gasteiger partial charge in [0.05, 0.1) is 0 Å². The van der Waals surface area contributed by atoms with Crippen LogP contribution in [0.2, 0.25) is 0 Å². The van der Waals surface area contributed by atoms with E-state index in [1.54, 1.807) is 0 Å². The van der Waals surface area contributed by atoms with Gasteiger partial charge in [-0.2, -0.15) is 13.2 Å². The van der Waals surface area contributed by atoms with Crippen molar-refractivity contribution < 1.29 is 23.1 Å². The third-order valence-electron chi connectivity index (χ3n) is 3.73. The second-order valence-electron chi connectivity index (χ2n) is 5.26. The fourth-order valence-corrected chi connectivity index (χ4v) is 2.68. The zero-order chi connectivity index (χ0) is 15.5. The molecule has 0 radical (unpaired) electrons. The number of aromatic nitrogens is 1. The van der Waals surface area contributed by atoms with Crippen LogP contribution in [0.3, 0.4) is 0 Å². The summed E-state index contributed by atoms with van der Waals surface area (Å²) in [5.74, 6) is -1.18. The van der Waals surface area contributed by atoms with Gasteiger partial charge in [0.2, 0.25) is 0 Å². The van der Waals surface area contributed by atoms with Crippen LogP contribution in [0.1, 0.15) is 37.8 Å². The zero-order valence-corrected chi connectivity index (χ0v) is 11.4. The van der Waals surface area contributed by atoms with Crippen LogP contribution < -0.4 is 5.32 Å². The number of carboxylic acid groups (broad SMARTS) is 1. The maximum Gasteiger partial charge on any atom is 0.433 e. The first-order valence-electron chi connectivity index (χ1n) is 6.91. The molecule has 1 unspecified atom stereocenters. The van der Waals surface area contributed by atoms with Crippen molar-refractivity contribution in [2.24, 2.45) is 5.92 Å². The molecule has 0 amide bonds. The highest BCUT2D eigenvalue weighted by molar-refractivity contribution is 5.77. The van der Waals surface area contributed by atoms with Crippen LogP contribution >= 0.6 is 0 Å². The lowest BCUT2D eigenvalue weighted by molar-refractivity contribution is -0.141. The van der Waals surface area contributed by atoms with E-state index < -0.39 is 23.9 Å². The number of nitrogens with one attached hydrogen (secondary N) is 1. The summed E-state index contributed by atoms with van der Waals surface area (Å²) in [6.45, 7) is 0. The average Bonchev–Trinajstić information content (AvgIpc) is 2.45. The van der Waals surface area contributed by atoms with Gasteiger partial charge in [-0.1, -0.05) is 25.3 Å². The molecule has 1 atom stereocenters. The molecule has 1 saturated carbocycles. The van der Waals surface area contributed by atoms with Gasteiger partial charge in [0.15, 0.2) is 0 Å². The largest absolute Gasteiger partial charge is 0.480 e. The van der Waals surface area contributed by atoms with Crippen molar-refractivity contribution in [3.05, 3.63) is 23.9 Å². The molecule has 7 heteroatoms. The number of carboxylic acids is 1. The molecule has 0 aliphatic heterocycles. The number of carbonyl (C=O) groups is 1. The number of pyridine rings is 1. The van der Waals surface area contributed by atoms with E-state index in [0.29, 0.717) is 0 Å². The summed E-state index contributed by atoms with van der Waals surface area (Å²) >= 11 is 0. The van der Waals surface area contributed by atoms with Gasteiger partial charge in [0.1, 0.15) is 17.6 Å². The summed E-state index contributed by atoms with van der Waals surface area (Å²) in [4.78, 5) is 14.8. The molecule has 0 spiro atoms. The zero-order valence-electron chi connectivity index (χ0n) is 11.4. The maximum absolute atomic E-state index is 12.6. The van der Waals surface area contributed by atoms with Gasteiger partial charge in [-0.05, 0) is 30.9 Å². The Bertz CT molecular complexity index is 499. The maximum atomic E-state index is 12.6. The topological polar surface area (TPSA) is 62.2 Å². The van der Waals surface area contributed by atoms with Crippen molar-refractivity contribution in [2.75, 3.05) is 5.32 Å². The standard InChI is InChI=1S/C14H17F3N2O2/c15-14(16,17)10-7-4-8-11(18-10)19-12(13(20)21)9-5-2-1-3-6-9/h4,7-9,12H,1-3,5-6H2,(H,18,19)(H,20,21). The highest BCUT2D eigenvalue weighted by Gasteiger charge is 2.33. The lowest BCUT2D eigenvalue weighted by Gasteiger charge is -2.28. The van der Waals surface area contributed by atoms with Crippen molar-refractivity contribution in [1.82, 2.24) is 4.98 Å². The van der Waals surface area contributed by atoms with Gasteiger partial charge < -0.3 is 10.4 Å². The van der Waals surface area contributed by atoms with Gasteiger partial charge in [-0.3, -0.25) is 0 Å². The van der Waals surface area contributed by atoms with E-state index in [4.69, 9.17) is 0 Å². The Kier molecular flexibility index (Phi) is 4.69. The molecule has 0 bridgehead atoms. The second-order valence-corrected chi connectivity index (χ2v) is 5.26. The molecule has 2 rings (SSSR count). The van der Waals surface area contributed by atoms with Crippen LogP contribution in [-0.2, 0) is 11.0 Å². The van der Waals surface area contributed by atoms with Gasteiger partial charge in [0.25, 0.3) is 0 Å². The predicted octanol–water partition coefficient (Wildman–Crippen LogP) is 3.55. The van der Waals surface area contributed by atoms with Gasteiger partial charge in [0, 0.05) is 0 Å². The van der Waals surface area contributed by atoms with Crippen LogP contribution in [0.4, 0.5) is 19.0 Å². The molecule has 116 valence electrons. The fraction of sp³-hybridized carbons (Fsp3) is 0.571. The van der Waals surface area contributed by atoms with Crippen LogP contribution in [0, 0.1) is 5.92 Å². The van der Waals surface area contributed by atoms with Gasteiger partial charge in [-0.15, -0.1) is 0 Å². The number of anilines is 1. The Hall–Kier alpha value is -1.79. The SMILES string of the molecule is O=C(O)C(Nc1cccc(C(F)(F)F)n1)C1CCCCC1. The monoisotopic (exact) mass is 302 g/mol. The summed E-state index contributed by atoms with van der Waals surface area (Å²) < 4.78 is 37.8. The molecule has 1 aliphatic carbocycles. The number of aliphatic carboxylic acids is 1. The predicted molar refractivity (Wildman–Crippen MR) is 70.9 cm³/mol. The van der Waals surface area contributed by atoms with Crippen molar-refractivity contribution in [2.45, 2.75) is 44.3 Å². The van der Waals surface area contributed by atoms with Crippen LogP contribution in [0.5, 0.6) is 0 Å². The normalized spacial score (nSPS) is 18.2. The quantitative estimate of drug-likeness (QED) is 0.893. The van der Waals surface area contributed by atoms with Gasteiger partial charge >= 0.3 is 12.1 Å². The van der Waals surface area contributed by atoms with Crippen molar-refractivity contribution in [3.63, 3.8) is 0 Å². The minimum atomic E-state index is -4.54. The number of rotatable bonds is 4. The highest BCUT2D eigenvalue weighted by atomic mass is 19.4. The van der Waals surface area contributed by atoms with E-state index >= 15 is 0 Å². The Morgan fingerprint density at radius 2 is 1.95 bits per heavy atom. The first-order chi connectivity index (χ1) is 9.88. The van der Waals surface area contributed by atoms with E-state index in [1.165, 1.54) is 12.1 Å². The van der Waals surface area contributed by atoms with Crippen LogP contribution in [0.15, 0.2) is 18.2 Å². The molecule has 2 N–H and O–H groups in total. The molecule has 0 saturated heterocycles. The summed E-state index contributed by atoms with van der Waals surface area (Å²) in [7, 11) is 0. The van der Waals surface area contributed by atoms with Gasteiger partial charge in [-0.25, -0.2) is 9.78 Å². The van der Waals surface area contributed by atoms with Crippen molar-refractivity contribution in [3.8, 4) is 0 Å². The molecule has 1 aliphatic rings. The van der Waals surface area contributed by atoms with Crippen LogP contribution in [0.25, 0.3) is 0 Å². The van der Waals surface area contributed by atoms with E-state index in [-0.39, 0.29) is 11.7 Å². The third kappa shape index (κ3) is 4.09. The van der Waals surface area contributed by atoms with E-state index in [9.17, 15) is 23.1 Å². The van der Waals surface area contributed by atoms with Crippen LogP contribution in [-0.4, -0.2) is 22.1 Å². The molecule has 4 nitrogen and oxygen atoms in total. The fourth-order valence-electron chi connectivity index (χ4n) is 2.68. The highest BCUT2D eigenvalue weighted by Crippen LogP contribution is 2.30. The Labute approximate surface area is 120 Å². The Morgan fingerprint density at radius 1 is 1.29 bits per heavy atom. The second kappa shape index (κ2) is 6.32. The summed E-state index contributed by atoms with van der Waals surface area (Å²) in [6, 6.07) is 2.54. The lowest BCUT2D eigenvalue weighted by atomic mass is 9.84. The summed E-state index contributed by atoms with van der Waals surface area (Å²) in [6.07, 6.45) is -0.0317. The first-order valence-corrected chi connectivity index (χ1v) is 6.91. The smallest absolute Gasteiger partial charge is 0.433 e. The molecule has 1 heterocycles. The van der Waals surface area contributed by atoms with Crippen molar-refractivity contribution >= 4 is 11.8 Å². The Morgan fingerprint density at radius 3 is 2.52 bits per heavy atom. The van der Waals surface area contributed by atoms with E-state index in [1.807, 2.05) is 0 Å². The number of hydrogen-bond donors (Lipinski definition) is 2. The van der Waals surface area contributed by atoms with Crippen molar-refractivity contribution in [1.29, 1.82) is 0 Å².